The summed E-state index contributed by atoms with van der Waals surface area (Å²) in [6.45, 7) is 3.22. The molecule has 1 aromatic carbocycles. The minimum atomic E-state index is 0.428. The molecule has 3 heteroatoms. The molecule has 1 saturated heterocycles. The number of H-pyrrole nitrogens is 1. The summed E-state index contributed by atoms with van der Waals surface area (Å²) in [7, 11) is 0. The molecule has 2 N–H and O–H groups in total. The maximum atomic E-state index is 4.62. The summed E-state index contributed by atoms with van der Waals surface area (Å²) in [4.78, 5) is 8.02. The van der Waals surface area contributed by atoms with Crippen molar-refractivity contribution in [1.82, 2.24) is 15.3 Å². The minimum absolute atomic E-state index is 0.428. The molecule has 2 heterocycles. The Morgan fingerprint density at radius 3 is 3.13 bits per heavy atom. The van der Waals surface area contributed by atoms with Crippen LogP contribution in [0.4, 0.5) is 0 Å². The molecule has 3 nitrogen and oxygen atoms in total. The van der Waals surface area contributed by atoms with E-state index in [1.807, 2.05) is 0 Å². The molecule has 0 amide bonds. The van der Waals surface area contributed by atoms with Crippen LogP contribution in [-0.2, 0) is 0 Å². The highest BCUT2D eigenvalue weighted by Gasteiger charge is 2.19. The van der Waals surface area contributed by atoms with Gasteiger partial charge in [0.05, 0.1) is 17.1 Å². The van der Waals surface area contributed by atoms with Gasteiger partial charge in [-0.25, -0.2) is 4.98 Å². The third-order valence-corrected chi connectivity index (χ3v) is 3.05. The average Bonchev–Trinajstić information content (AvgIpc) is 2.84. The first-order valence-corrected chi connectivity index (χ1v) is 5.52. The van der Waals surface area contributed by atoms with Gasteiger partial charge in [0, 0.05) is 0 Å². The molecule has 2 aromatic rings. The van der Waals surface area contributed by atoms with Crippen LogP contribution in [0.2, 0.25) is 0 Å². The molecule has 3 rings (SSSR count). The summed E-state index contributed by atoms with van der Waals surface area (Å²) >= 11 is 0. The quantitative estimate of drug-likeness (QED) is 0.743. The molecule has 1 aliphatic rings. The zero-order valence-corrected chi connectivity index (χ0v) is 8.88. The number of imidazole rings is 1. The molecule has 0 aliphatic carbocycles. The highest BCUT2D eigenvalue weighted by molar-refractivity contribution is 5.75. The molecule has 1 aliphatic heterocycles. The zero-order valence-electron chi connectivity index (χ0n) is 8.88. The number of fused-ring (bicyclic) bond motifs is 1. The standard InChI is InChI=1S/C12H15N3/c1-8-4-5-9-11(7-8)15-12(14-9)10-3-2-6-13-10/h4-5,7,10,13H,2-3,6H2,1H3,(H,14,15). The van der Waals surface area contributed by atoms with Gasteiger partial charge in [0.25, 0.3) is 0 Å². The second kappa shape index (κ2) is 3.35. The van der Waals surface area contributed by atoms with Gasteiger partial charge < -0.3 is 10.3 Å². The van der Waals surface area contributed by atoms with Gasteiger partial charge >= 0.3 is 0 Å². The monoisotopic (exact) mass is 201 g/mol. The predicted molar refractivity (Wildman–Crippen MR) is 60.8 cm³/mol. The minimum Gasteiger partial charge on any atom is -0.341 e. The van der Waals surface area contributed by atoms with Crippen LogP contribution in [0, 0.1) is 6.92 Å². The molecule has 1 unspecified atom stereocenters. The van der Waals surface area contributed by atoms with E-state index in [2.05, 4.69) is 40.4 Å². The molecule has 0 saturated carbocycles. The van der Waals surface area contributed by atoms with Crippen molar-refractivity contribution in [3.05, 3.63) is 29.6 Å². The zero-order chi connectivity index (χ0) is 10.3. The first-order chi connectivity index (χ1) is 7.33. The number of hydrogen-bond donors (Lipinski definition) is 2. The number of aromatic amines is 1. The third kappa shape index (κ3) is 1.53. The molecule has 0 radical (unpaired) electrons. The summed E-state index contributed by atoms with van der Waals surface area (Å²) in [5.41, 5.74) is 3.50. The Labute approximate surface area is 88.9 Å². The lowest BCUT2D eigenvalue weighted by Crippen LogP contribution is -2.13. The summed E-state index contributed by atoms with van der Waals surface area (Å²) < 4.78 is 0. The molecule has 1 aromatic heterocycles. The van der Waals surface area contributed by atoms with Crippen molar-refractivity contribution in [1.29, 1.82) is 0 Å². The van der Waals surface area contributed by atoms with Crippen molar-refractivity contribution < 1.29 is 0 Å². The van der Waals surface area contributed by atoms with Crippen LogP contribution in [0.1, 0.15) is 30.3 Å². The van der Waals surface area contributed by atoms with E-state index in [0.717, 1.165) is 23.4 Å². The Morgan fingerprint density at radius 2 is 2.33 bits per heavy atom. The van der Waals surface area contributed by atoms with Crippen LogP contribution in [0.15, 0.2) is 18.2 Å². The number of aromatic nitrogens is 2. The summed E-state index contributed by atoms with van der Waals surface area (Å²) in [6, 6.07) is 6.77. The van der Waals surface area contributed by atoms with E-state index >= 15 is 0 Å². The fourth-order valence-corrected chi connectivity index (χ4v) is 2.23. The number of nitrogens with zero attached hydrogens (tertiary/aromatic N) is 1. The second-order valence-electron chi connectivity index (χ2n) is 4.29. The molecule has 1 atom stereocenters. The van der Waals surface area contributed by atoms with Gasteiger partial charge in [0.2, 0.25) is 0 Å². The van der Waals surface area contributed by atoms with Gasteiger partial charge in [-0.15, -0.1) is 0 Å². The highest BCUT2D eigenvalue weighted by Crippen LogP contribution is 2.23. The van der Waals surface area contributed by atoms with Crippen LogP contribution in [0.25, 0.3) is 11.0 Å². The normalized spacial score (nSPS) is 21.3. The number of nitrogens with one attached hydrogen (secondary N) is 2. The van der Waals surface area contributed by atoms with Gasteiger partial charge in [0.1, 0.15) is 5.82 Å². The first kappa shape index (κ1) is 8.92. The molecule has 1 fully saturated rings. The lowest BCUT2D eigenvalue weighted by atomic mass is 10.2. The fraction of sp³-hybridized carbons (Fsp3) is 0.417. The van der Waals surface area contributed by atoms with E-state index in [4.69, 9.17) is 0 Å². The fourth-order valence-electron chi connectivity index (χ4n) is 2.23. The van der Waals surface area contributed by atoms with Crippen LogP contribution in [-0.4, -0.2) is 16.5 Å². The van der Waals surface area contributed by atoms with Gasteiger partial charge in [-0.2, -0.15) is 0 Å². The van der Waals surface area contributed by atoms with Gasteiger partial charge in [-0.3, -0.25) is 0 Å². The largest absolute Gasteiger partial charge is 0.341 e. The average molecular weight is 201 g/mol. The summed E-state index contributed by atoms with van der Waals surface area (Å²) in [5.74, 6) is 1.09. The molecular weight excluding hydrogens is 186 g/mol. The van der Waals surface area contributed by atoms with Crippen LogP contribution >= 0.6 is 0 Å². The van der Waals surface area contributed by atoms with Crippen LogP contribution in [0.5, 0.6) is 0 Å². The smallest absolute Gasteiger partial charge is 0.124 e. The maximum Gasteiger partial charge on any atom is 0.124 e. The Bertz CT molecular complexity index is 481. The van der Waals surface area contributed by atoms with Crippen molar-refractivity contribution in [3.8, 4) is 0 Å². The SMILES string of the molecule is Cc1ccc2nc(C3CCCN3)[nH]c2c1. The van der Waals surface area contributed by atoms with E-state index in [-0.39, 0.29) is 0 Å². The van der Waals surface area contributed by atoms with Crippen LogP contribution in [0.3, 0.4) is 0 Å². The number of rotatable bonds is 1. The van der Waals surface area contributed by atoms with Gasteiger partial charge in [-0.1, -0.05) is 6.07 Å². The lowest BCUT2D eigenvalue weighted by Gasteiger charge is -2.04. The number of hydrogen-bond acceptors (Lipinski definition) is 2. The summed E-state index contributed by atoms with van der Waals surface area (Å²) in [6.07, 6.45) is 2.44. The Hall–Kier alpha value is -1.35. The van der Waals surface area contributed by atoms with Crippen molar-refractivity contribution in [3.63, 3.8) is 0 Å². The van der Waals surface area contributed by atoms with Gasteiger partial charge in [0.15, 0.2) is 0 Å². The van der Waals surface area contributed by atoms with Crippen molar-refractivity contribution in [2.45, 2.75) is 25.8 Å². The topological polar surface area (TPSA) is 40.7 Å². The second-order valence-corrected chi connectivity index (χ2v) is 4.29. The Kier molecular flexibility index (Phi) is 1.99. The van der Waals surface area contributed by atoms with E-state index < -0.39 is 0 Å². The third-order valence-electron chi connectivity index (χ3n) is 3.05. The summed E-state index contributed by atoms with van der Waals surface area (Å²) in [5, 5.41) is 3.45. The number of aryl methyl sites for hydroxylation is 1. The van der Waals surface area contributed by atoms with Crippen molar-refractivity contribution in [2.75, 3.05) is 6.54 Å². The van der Waals surface area contributed by atoms with Crippen molar-refractivity contribution >= 4 is 11.0 Å². The van der Waals surface area contributed by atoms with Crippen LogP contribution < -0.4 is 5.32 Å². The predicted octanol–water partition coefficient (Wildman–Crippen LogP) is 2.30. The molecule has 0 bridgehead atoms. The van der Waals surface area contributed by atoms with E-state index in [9.17, 15) is 0 Å². The Balaban J connectivity index is 2.05. The molecular formula is C12H15N3. The number of benzene rings is 1. The van der Waals surface area contributed by atoms with E-state index in [1.165, 1.54) is 18.4 Å². The maximum absolute atomic E-state index is 4.62. The van der Waals surface area contributed by atoms with Gasteiger partial charge in [-0.05, 0) is 44.0 Å². The highest BCUT2D eigenvalue weighted by atomic mass is 15.0. The lowest BCUT2D eigenvalue weighted by molar-refractivity contribution is 0.614. The van der Waals surface area contributed by atoms with E-state index in [1.54, 1.807) is 0 Å². The van der Waals surface area contributed by atoms with E-state index in [0.29, 0.717) is 6.04 Å². The molecule has 15 heavy (non-hydrogen) atoms. The first-order valence-electron chi connectivity index (χ1n) is 5.52. The van der Waals surface area contributed by atoms with Crippen molar-refractivity contribution in [2.24, 2.45) is 0 Å². The Morgan fingerprint density at radius 1 is 1.40 bits per heavy atom. The molecule has 78 valence electrons. The molecule has 0 spiro atoms.